The number of amidine groups is 1. The lowest BCUT2D eigenvalue weighted by Gasteiger charge is -2.30. The van der Waals surface area contributed by atoms with Crippen molar-refractivity contribution in [1.82, 2.24) is 9.97 Å². The highest BCUT2D eigenvalue weighted by Crippen LogP contribution is 2.35. The molecule has 0 unspecified atom stereocenters. The van der Waals surface area contributed by atoms with Crippen LogP contribution in [0.4, 0.5) is 14.5 Å². The van der Waals surface area contributed by atoms with E-state index in [2.05, 4.69) is 20.3 Å². The molecular formula is C17H14F2N6OS. The van der Waals surface area contributed by atoms with Gasteiger partial charge in [0.25, 0.3) is 5.91 Å². The molecule has 0 saturated heterocycles. The topological polar surface area (TPSA) is 117 Å². The van der Waals surface area contributed by atoms with Crippen molar-refractivity contribution in [3.8, 4) is 6.07 Å². The number of aromatic nitrogens is 2. The third-order valence-electron chi connectivity index (χ3n) is 3.99. The Morgan fingerprint density at radius 3 is 2.93 bits per heavy atom. The maximum Gasteiger partial charge on any atom is 0.277 e. The second-order valence-corrected chi connectivity index (χ2v) is 6.88. The Bertz CT molecular complexity index is 961. The number of pyridine rings is 2. The second kappa shape index (κ2) is 7.67. The SMILES string of the molecule is N#Cc1cnc(C(=O)Nc2ccnc([C@]3(CF)CCSC(N)=N3)c2)c(F)c1. The predicted octanol–water partition coefficient (Wildman–Crippen LogP) is 2.36. The van der Waals surface area contributed by atoms with Crippen LogP contribution in [-0.4, -0.2) is 33.5 Å². The van der Waals surface area contributed by atoms with Gasteiger partial charge in [-0.05, 0) is 24.6 Å². The van der Waals surface area contributed by atoms with Gasteiger partial charge >= 0.3 is 0 Å². The Morgan fingerprint density at radius 2 is 2.26 bits per heavy atom. The van der Waals surface area contributed by atoms with Crippen LogP contribution in [0.15, 0.2) is 35.6 Å². The number of carbonyl (C=O) groups excluding carboxylic acids is 1. The molecule has 1 aliphatic heterocycles. The van der Waals surface area contributed by atoms with Crippen molar-refractivity contribution in [3.63, 3.8) is 0 Å². The van der Waals surface area contributed by atoms with Crippen molar-refractivity contribution in [2.45, 2.75) is 12.0 Å². The molecule has 1 atom stereocenters. The molecule has 0 fully saturated rings. The lowest BCUT2D eigenvalue weighted by atomic mass is 9.93. The fraction of sp³-hybridized carbons (Fsp3) is 0.235. The van der Waals surface area contributed by atoms with Gasteiger partial charge in [0, 0.05) is 23.8 Å². The van der Waals surface area contributed by atoms with Gasteiger partial charge in [-0.15, -0.1) is 0 Å². The number of alkyl halides is 1. The predicted molar refractivity (Wildman–Crippen MR) is 97.5 cm³/mol. The first-order chi connectivity index (χ1) is 13.0. The van der Waals surface area contributed by atoms with E-state index in [9.17, 15) is 13.6 Å². The molecule has 3 rings (SSSR count). The molecule has 10 heteroatoms. The van der Waals surface area contributed by atoms with E-state index in [0.29, 0.717) is 17.9 Å². The molecule has 1 aliphatic rings. The summed E-state index contributed by atoms with van der Waals surface area (Å²) in [5.41, 5.74) is 4.69. The summed E-state index contributed by atoms with van der Waals surface area (Å²) in [5.74, 6) is -1.12. The highest BCUT2D eigenvalue weighted by Gasteiger charge is 2.36. The molecule has 2 aromatic rings. The average molecular weight is 388 g/mol. The summed E-state index contributed by atoms with van der Waals surface area (Å²) in [6.45, 7) is -0.787. The molecule has 1 amide bonds. The summed E-state index contributed by atoms with van der Waals surface area (Å²) in [6.07, 6.45) is 2.91. The van der Waals surface area contributed by atoms with Crippen molar-refractivity contribution in [2.24, 2.45) is 10.7 Å². The normalized spacial score (nSPS) is 19.1. The van der Waals surface area contributed by atoms with Gasteiger partial charge in [-0.3, -0.25) is 9.78 Å². The van der Waals surface area contributed by atoms with Gasteiger partial charge in [-0.2, -0.15) is 5.26 Å². The van der Waals surface area contributed by atoms with Crippen LogP contribution in [0, 0.1) is 17.1 Å². The molecule has 3 N–H and O–H groups in total. The van der Waals surface area contributed by atoms with Crippen LogP contribution in [0.2, 0.25) is 0 Å². The molecular weight excluding hydrogens is 374 g/mol. The number of halogens is 2. The fourth-order valence-electron chi connectivity index (χ4n) is 2.59. The molecule has 27 heavy (non-hydrogen) atoms. The van der Waals surface area contributed by atoms with Crippen molar-refractivity contribution in [2.75, 3.05) is 17.7 Å². The first kappa shape index (κ1) is 18.7. The Morgan fingerprint density at radius 1 is 1.44 bits per heavy atom. The third-order valence-corrected chi connectivity index (χ3v) is 4.79. The van der Waals surface area contributed by atoms with E-state index in [1.165, 1.54) is 30.1 Å². The average Bonchev–Trinajstić information content (AvgIpc) is 2.67. The molecule has 0 spiro atoms. The number of anilines is 1. The summed E-state index contributed by atoms with van der Waals surface area (Å²) < 4.78 is 27.7. The Labute approximate surface area is 157 Å². The number of aliphatic imine (C=N–C) groups is 1. The van der Waals surface area contributed by atoms with Crippen LogP contribution in [0.5, 0.6) is 0 Å². The molecule has 0 radical (unpaired) electrons. The monoisotopic (exact) mass is 388 g/mol. The van der Waals surface area contributed by atoms with Gasteiger partial charge in [0.2, 0.25) is 0 Å². The van der Waals surface area contributed by atoms with E-state index in [4.69, 9.17) is 11.0 Å². The van der Waals surface area contributed by atoms with E-state index in [1.807, 2.05) is 0 Å². The Balaban J connectivity index is 1.87. The number of hydrogen-bond donors (Lipinski definition) is 2. The fourth-order valence-corrected chi connectivity index (χ4v) is 3.48. The summed E-state index contributed by atoms with van der Waals surface area (Å²) in [7, 11) is 0. The zero-order valence-corrected chi connectivity index (χ0v) is 14.8. The number of nitrogens with zero attached hydrogens (tertiary/aromatic N) is 4. The van der Waals surface area contributed by atoms with Crippen LogP contribution in [0.3, 0.4) is 0 Å². The zero-order chi connectivity index (χ0) is 19.4. The summed E-state index contributed by atoms with van der Waals surface area (Å²) in [4.78, 5) is 24.3. The van der Waals surface area contributed by atoms with Crippen molar-refractivity contribution < 1.29 is 13.6 Å². The molecule has 2 aromatic heterocycles. The van der Waals surface area contributed by atoms with Crippen LogP contribution >= 0.6 is 11.8 Å². The quantitative estimate of drug-likeness (QED) is 0.830. The minimum absolute atomic E-state index is 0.00533. The number of rotatable bonds is 4. The molecule has 3 heterocycles. The zero-order valence-electron chi connectivity index (χ0n) is 13.9. The maximum absolute atomic E-state index is 13.9. The number of nitriles is 1. The van der Waals surface area contributed by atoms with E-state index < -0.39 is 29.6 Å². The number of nitrogens with one attached hydrogen (secondary N) is 1. The number of amides is 1. The second-order valence-electron chi connectivity index (χ2n) is 5.76. The van der Waals surface area contributed by atoms with Crippen LogP contribution in [-0.2, 0) is 5.54 Å². The van der Waals surface area contributed by atoms with Crippen molar-refractivity contribution >= 4 is 28.5 Å². The van der Waals surface area contributed by atoms with Crippen LogP contribution < -0.4 is 11.1 Å². The van der Waals surface area contributed by atoms with Crippen LogP contribution in [0.25, 0.3) is 0 Å². The van der Waals surface area contributed by atoms with E-state index in [1.54, 1.807) is 6.07 Å². The number of hydrogen-bond acceptors (Lipinski definition) is 7. The van der Waals surface area contributed by atoms with Gasteiger partial charge in [0.15, 0.2) is 16.7 Å². The summed E-state index contributed by atoms with van der Waals surface area (Å²) >= 11 is 1.34. The van der Waals surface area contributed by atoms with Crippen molar-refractivity contribution in [1.29, 1.82) is 5.26 Å². The standard InChI is InChI=1S/C17H14F2N6OS/c18-9-17(2-4-27-16(21)25-17)13-6-11(1-3-22-13)24-15(26)14-12(19)5-10(7-20)8-23-14/h1,3,5-6,8H,2,4,9H2,(H2,21,25)(H,22,24,26)/t17-/m1/s1. The molecule has 0 bridgehead atoms. The Kier molecular flexibility index (Phi) is 5.32. The maximum atomic E-state index is 13.9. The lowest BCUT2D eigenvalue weighted by Crippen LogP contribution is -2.34. The van der Waals surface area contributed by atoms with Gasteiger partial charge in [0.05, 0.1) is 11.3 Å². The first-order valence-corrected chi connectivity index (χ1v) is 8.83. The highest BCUT2D eigenvalue weighted by atomic mass is 32.2. The number of thioether (sulfide) groups is 1. The lowest BCUT2D eigenvalue weighted by molar-refractivity contribution is 0.101. The third kappa shape index (κ3) is 3.88. The smallest absolute Gasteiger partial charge is 0.277 e. The molecule has 0 aliphatic carbocycles. The largest absolute Gasteiger partial charge is 0.379 e. The van der Waals surface area contributed by atoms with E-state index in [0.717, 1.165) is 12.3 Å². The molecule has 138 valence electrons. The highest BCUT2D eigenvalue weighted by molar-refractivity contribution is 8.13. The van der Waals surface area contributed by atoms with Gasteiger partial charge in [-0.25, -0.2) is 18.8 Å². The molecule has 0 aromatic carbocycles. The van der Waals surface area contributed by atoms with Crippen molar-refractivity contribution in [3.05, 3.63) is 53.4 Å². The summed E-state index contributed by atoms with van der Waals surface area (Å²) in [5, 5.41) is 11.5. The molecule has 0 saturated carbocycles. The first-order valence-electron chi connectivity index (χ1n) is 7.85. The minimum atomic E-state index is -1.20. The van der Waals surface area contributed by atoms with Crippen LogP contribution in [0.1, 0.15) is 28.2 Å². The van der Waals surface area contributed by atoms with Gasteiger partial charge in [-0.1, -0.05) is 11.8 Å². The minimum Gasteiger partial charge on any atom is -0.379 e. The van der Waals surface area contributed by atoms with Gasteiger partial charge < -0.3 is 11.1 Å². The Hall–Kier alpha value is -3.06. The van der Waals surface area contributed by atoms with E-state index in [-0.39, 0.29) is 16.4 Å². The molecule has 7 nitrogen and oxygen atoms in total. The van der Waals surface area contributed by atoms with Gasteiger partial charge in [0.1, 0.15) is 18.3 Å². The summed E-state index contributed by atoms with van der Waals surface area (Å²) in [6, 6.07) is 5.63. The van der Waals surface area contributed by atoms with E-state index >= 15 is 0 Å². The number of carbonyl (C=O) groups is 1. The number of nitrogens with two attached hydrogens (primary N) is 1.